The van der Waals surface area contributed by atoms with Gasteiger partial charge in [-0.2, -0.15) is 31.6 Å². The predicted molar refractivity (Wildman–Crippen MR) is 114 cm³/mol. The van der Waals surface area contributed by atoms with E-state index >= 15 is 0 Å². The predicted octanol–water partition coefficient (Wildman–Crippen LogP) is 5.86. The van der Waals surface area contributed by atoms with Gasteiger partial charge in [-0.05, 0) is 43.5 Å². The normalized spacial score (nSPS) is 19.0. The average molecular weight is 540 g/mol. The van der Waals surface area contributed by atoms with Gasteiger partial charge in [-0.25, -0.2) is 8.78 Å². The van der Waals surface area contributed by atoms with Crippen LogP contribution in [0.15, 0.2) is 59.5 Å². The maximum atomic E-state index is 13.3. The van der Waals surface area contributed by atoms with E-state index in [0.717, 1.165) is 25.0 Å². The highest BCUT2D eigenvalue weighted by molar-refractivity contribution is 7.85. The van der Waals surface area contributed by atoms with Crippen molar-refractivity contribution in [1.29, 1.82) is 5.26 Å². The molecule has 0 radical (unpaired) electrons. The number of nitrogens with one attached hydrogen (secondary N) is 1. The van der Waals surface area contributed by atoms with Crippen LogP contribution in [-0.2, 0) is 21.3 Å². The lowest BCUT2D eigenvalue weighted by atomic mass is 9.94. The number of carbonyl (C=O) groups excluding carboxylic acids is 1. The molecule has 1 fully saturated rings. The van der Waals surface area contributed by atoms with E-state index in [2.05, 4.69) is 5.32 Å². The van der Waals surface area contributed by atoms with Gasteiger partial charge in [-0.15, -0.1) is 0 Å². The molecule has 1 aliphatic carbocycles. The van der Waals surface area contributed by atoms with Gasteiger partial charge in [-0.1, -0.05) is 30.3 Å². The first-order valence-corrected chi connectivity index (χ1v) is 11.6. The molecule has 13 heteroatoms. The first kappa shape index (κ1) is 29.2. The van der Waals surface area contributed by atoms with Crippen molar-refractivity contribution < 1.29 is 44.1 Å². The number of alkyl halides is 7. The maximum Gasteiger partial charge on any atom is 0.435 e. The molecule has 3 atom stereocenters. The number of rotatable bonds is 5. The van der Waals surface area contributed by atoms with Crippen LogP contribution in [0.25, 0.3) is 0 Å². The highest BCUT2D eigenvalue weighted by Gasteiger charge is 2.73. The zero-order valence-electron chi connectivity index (χ0n) is 18.4. The smallest absolute Gasteiger partial charge is 0.352 e. The Bertz CT molecular complexity index is 1070. The molecule has 1 amide bonds. The monoisotopic (exact) mass is 540 g/mol. The van der Waals surface area contributed by atoms with Crippen molar-refractivity contribution >= 4 is 16.7 Å². The molecule has 0 saturated heterocycles. The number of amides is 1. The molecular weight excluding hydrogens is 520 g/mol. The molecule has 2 aromatic carbocycles. The Kier molecular flexibility index (Phi) is 9.59. The van der Waals surface area contributed by atoms with Gasteiger partial charge >= 0.3 is 18.0 Å². The molecule has 0 aromatic heterocycles. The van der Waals surface area contributed by atoms with Gasteiger partial charge in [0.05, 0.1) is 16.9 Å². The van der Waals surface area contributed by atoms with E-state index in [1.165, 1.54) is 30.3 Å². The fraction of sp³-hybridized carbons (Fsp3) is 0.391. The van der Waals surface area contributed by atoms with Crippen LogP contribution in [0.2, 0.25) is 0 Å². The average Bonchev–Trinajstić information content (AvgIpc) is 3.26. The lowest BCUT2D eigenvalue weighted by Crippen LogP contribution is -2.50. The summed E-state index contributed by atoms with van der Waals surface area (Å²) in [6.45, 7) is 0. The SMILES string of the molecule is FC(F)(F)C(F)(c1ccccc1)C(F)(F)F.N#CCC(=O)NC1CCC(S(=O)c2ccc(F)cc2)C1. The van der Waals surface area contributed by atoms with Crippen molar-refractivity contribution in [2.45, 2.75) is 59.9 Å². The number of hydrogen-bond donors (Lipinski definition) is 1. The van der Waals surface area contributed by atoms with Crippen LogP contribution in [0.1, 0.15) is 31.2 Å². The van der Waals surface area contributed by atoms with Crippen molar-refractivity contribution in [2.24, 2.45) is 0 Å². The van der Waals surface area contributed by atoms with E-state index in [4.69, 9.17) is 5.26 Å². The summed E-state index contributed by atoms with van der Waals surface area (Å²) in [7, 11) is -1.19. The van der Waals surface area contributed by atoms with Gasteiger partial charge in [0.1, 0.15) is 12.2 Å². The molecule has 36 heavy (non-hydrogen) atoms. The standard InChI is InChI=1S/C14H15FN2O2S.C9H5F7/c15-10-1-4-12(5-2-10)20(19)13-6-3-11(9-13)17-14(18)7-8-16;10-7(8(11,12)13,9(14,15)16)6-4-2-1-3-5-6/h1-2,4-5,11,13H,3,6-7,9H2,(H,17,18);1-5H. The van der Waals surface area contributed by atoms with Gasteiger partial charge in [-0.3, -0.25) is 9.00 Å². The Morgan fingerprint density at radius 1 is 0.944 bits per heavy atom. The van der Waals surface area contributed by atoms with Crippen LogP contribution < -0.4 is 5.32 Å². The third kappa shape index (κ3) is 7.02. The van der Waals surface area contributed by atoms with Gasteiger partial charge in [0.25, 0.3) is 0 Å². The van der Waals surface area contributed by atoms with Crippen molar-refractivity contribution in [3.63, 3.8) is 0 Å². The number of carbonyl (C=O) groups is 1. The quantitative estimate of drug-likeness (QED) is 0.483. The number of nitrogens with zero attached hydrogens (tertiary/aromatic N) is 1. The molecule has 3 rings (SSSR count). The molecule has 1 saturated carbocycles. The third-order valence-corrected chi connectivity index (χ3v) is 7.06. The van der Waals surface area contributed by atoms with E-state index < -0.39 is 34.4 Å². The zero-order chi connectivity index (χ0) is 27.1. The molecular formula is C23H20F8N2O2S. The van der Waals surface area contributed by atoms with Gasteiger partial charge in [0.2, 0.25) is 5.91 Å². The van der Waals surface area contributed by atoms with Crippen molar-refractivity contribution in [2.75, 3.05) is 0 Å². The Morgan fingerprint density at radius 2 is 1.50 bits per heavy atom. The number of hydrogen-bond acceptors (Lipinski definition) is 3. The van der Waals surface area contributed by atoms with Gasteiger partial charge in [0.15, 0.2) is 0 Å². The number of halogens is 8. The first-order chi connectivity index (χ1) is 16.7. The largest absolute Gasteiger partial charge is 0.435 e. The summed E-state index contributed by atoms with van der Waals surface area (Å²) in [6.07, 6.45) is -10.1. The van der Waals surface area contributed by atoms with Crippen LogP contribution >= 0.6 is 0 Å². The number of benzene rings is 2. The van der Waals surface area contributed by atoms with Crippen LogP contribution in [0, 0.1) is 17.1 Å². The second-order valence-electron chi connectivity index (χ2n) is 7.81. The molecule has 196 valence electrons. The van der Waals surface area contributed by atoms with E-state index in [1.54, 1.807) is 6.07 Å². The molecule has 2 aromatic rings. The summed E-state index contributed by atoms with van der Waals surface area (Å²) >= 11 is 0. The highest BCUT2D eigenvalue weighted by Crippen LogP contribution is 2.53. The van der Waals surface area contributed by atoms with Crippen molar-refractivity contribution in [3.05, 3.63) is 66.0 Å². The van der Waals surface area contributed by atoms with E-state index in [-0.39, 0.29) is 29.4 Å². The van der Waals surface area contributed by atoms with Crippen molar-refractivity contribution in [3.8, 4) is 6.07 Å². The minimum atomic E-state index is -6.05. The van der Waals surface area contributed by atoms with Crippen LogP contribution in [0.3, 0.4) is 0 Å². The molecule has 0 heterocycles. The Balaban J connectivity index is 0.000000261. The minimum Gasteiger partial charge on any atom is -0.352 e. The van der Waals surface area contributed by atoms with Crippen molar-refractivity contribution in [1.82, 2.24) is 5.32 Å². The summed E-state index contributed by atoms with van der Waals surface area (Å²) in [5, 5.41) is 11.2. The zero-order valence-corrected chi connectivity index (χ0v) is 19.2. The Hall–Kier alpha value is -3.01. The van der Waals surface area contributed by atoms with E-state index in [1.807, 2.05) is 0 Å². The second-order valence-corrected chi connectivity index (χ2v) is 9.54. The molecule has 0 aliphatic heterocycles. The molecule has 0 spiro atoms. The topological polar surface area (TPSA) is 70.0 Å². The molecule has 3 unspecified atom stereocenters. The Morgan fingerprint density at radius 3 is 2.00 bits per heavy atom. The maximum absolute atomic E-state index is 13.3. The second kappa shape index (κ2) is 11.8. The van der Waals surface area contributed by atoms with Crippen LogP contribution in [0.4, 0.5) is 35.1 Å². The molecule has 1 aliphatic rings. The third-order valence-electron chi connectivity index (χ3n) is 5.29. The fourth-order valence-corrected chi connectivity index (χ4v) is 5.08. The Labute approximate surface area is 203 Å². The fourth-order valence-electron chi connectivity index (χ4n) is 3.53. The molecule has 4 nitrogen and oxygen atoms in total. The summed E-state index contributed by atoms with van der Waals surface area (Å²) in [5.41, 5.74) is -6.81. The van der Waals surface area contributed by atoms with Gasteiger partial charge < -0.3 is 5.32 Å². The first-order valence-electron chi connectivity index (χ1n) is 10.4. The van der Waals surface area contributed by atoms with E-state index in [9.17, 15) is 44.1 Å². The van der Waals surface area contributed by atoms with Crippen LogP contribution in [-0.4, -0.2) is 33.8 Å². The van der Waals surface area contributed by atoms with E-state index in [0.29, 0.717) is 23.4 Å². The van der Waals surface area contributed by atoms with Crippen LogP contribution in [0.5, 0.6) is 0 Å². The van der Waals surface area contributed by atoms with Gasteiger partial charge in [0, 0.05) is 21.8 Å². The summed E-state index contributed by atoms with van der Waals surface area (Å²) in [6, 6.07) is 11.3. The summed E-state index contributed by atoms with van der Waals surface area (Å²) in [5.74, 6) is -0.635. The highest BCUT2D eigenvalue weighted by atomic mass is 32.2. The molecule has 0 bridgehead atoms. The number of nitriles is 1. The molecule has 1 N–H and O–H groups in total. The lowest BCUT2D eigenvalue weighted by Gasteiger charge is -2.30. The lowest BCUT2D eigenvalue weighted by molar-refractivity contribution is -0.348. The summed E-state index contributed by atoms with van der Waals surface area (Å²) in [4.78, 5) is 11.9. The minimum absolute atomic E-state index is 0.0229. The summed E-state index contributed by atoms with van der Waals surface area (Å²) < 4.78 is 112.